The van der Waals surface area contributed by atoms with Crippen LogP contribution in [-0.4, -0.2) is 29.3 Å². The Kier molecular flexibility index (Phi) is 5.09. The number of carbonyl (C=O) groups is 3. The van der Waals surface area contributed by atoms with Crippen LogP contribution in [0.5, 0.6) is 0 Å². The molecule has 0 saturated carbocycles. The van der Waals surface area contributed by atoms with Crippen molar-refractivity contribution in [2.75, 3.05) is 5.32 Å². The maximum Gasteiger partial charge on any atom is 0.355 e. The van der Waals surface area contributed by atoms with Crippen LogP contribution in [0, 0.1) is 5.82 Å². The lowest BCUT2D eigenvalue weighted by Crippen LogP contribution is -2.24. The maximum absolute atomic E-state index is 13.7. The quantitative estimate of drug-likeness (QED) is 0.755. The highest BCUT2D eigenvalue weighted by Crippen LogP contribution is 2.29. The molecule has 138 valence electrons. The van der Waals surface area contributed by atoms with Gasteiger partial charge in [0.2, 0.25) is 0 Å². The molecule has 1 aliphatic rings. The van der Waals surface area contributed by atoms with Crippen molar-refractivity contribution in [3.63, 3.8) is 0 Å². The van der Waals surface area contributed by atoms with Gasteiger partial charge in [0.1, 0.15) is 11.5 Å². The molecule has 3 rings (SSSR count). The van der Waals surface area contributed by atoms with Gasteiger partial charge in [0, 0.05) is 5.69 Å². The molecule has 0 aromatic heterocycles. The molecule has 0 fully saturated rings. The van der Waals surface area contributed by atoms with Crippen LogP contribution in [0.2, 0.25) is 0 Å². The smallest absolute Gasteiger partial charge is 0.355 e. The Morgan fingerprint density at radius 2 is 1.93 bits per heavy atom. The lowest BCUT2D eigenvalue weighted by molar-refractivity contribution is -0.152. The Morgan fingerprint density at radius 1 is 1.19 bits per heavy atom. The highest BCUT2D eigenvalue weighted by Gasteiger charge is 2.37. The monoisotopic (exact) mass is 391 g/mol. The first kappa shape index (κ1) is 18.4. The van der Waals surface area contributed by atoms with Crippen LogP contribution in [0.15, 0.2) is 59.3 Å². The van der Waals surface area contributed by atoms with E-state index in [4.69, 9.17) is 26.2 Å². The van der Waals surface area contributed by atoms with Crippen molar-refractivity contribution < 1.29 is 33.4 Å². The first-order valence-electron chi connectivity index (χ1n) is 7.53. The molecule has 0 aliphatic carbocycles. The average Bonchev–Trinajstić information content (AvgIpc) is 2.89. The largest absolute Gasteiger partial charge is 0.478 e. The van der Waals surface area contributed by atoms with Crippen molar-refractivity contribution in [2.24, 2.45) is 0 Å². The zero-order valence-electron chi connectivity index (χ0n) is 13.4. The second-order valence-electron chi connectivity index (χ2n) is 5.36. The van der Waals surface area contributed by atoms with Gasteiger partial charge in [-0.3, -0.25) is 0 Å². The second kappa shape index (κ2) is 7.46. The summed E-state index contributed by atoms with van der Waals surface area (Å²) in [7, 11) is 0. The van der Waals surface area contributed by atoms with Crippen LogP contribution in [0.4, 0.5) is 10.1 Å². The molecular formula is C18H11ClFNO6. The van der Waals surface area contributed by atoms with Crippen molar-refractivity contribution >= 4 is 35.2 Å². The van der Waals surface area contributed by atoms with E-state index in [1.807, 2.05) is 0 Å². The molecule has 2 aromatic rings. The Bertz CT molecular complexity index is 974. The van der Waals surface area contributed by atoms with Gasteiger partial charge < -0.3 is 19.9 Å². The zero-order valence-corrected chi connectivity index (χ0v) is 14.2. The van der Waals surface area contributed by atoms with E-state index in [-0.39, 0.29) is 27.5 Å². The number of rotatable bonds is 5. The Labute approximate surface area is 157 Å². The normalized spacial score (nSPS) is 16.1. The molecule has 9 heteroatoms. The third kappa shape index (κ3) is 3.90. The van der Waals surface area contributed by atoms with Gasteiger partial charge in [-0.1, -0.05) is 29.8 Å². The SMILES string of the molecule is O=C1O[C@H](OC(=O)c2ccccc2F)C(Nc2cccc(C(=O)O)c2)=C1Cl. The van der Waals surface area contributed by atoms with Gasteiger partial charge in [-0.05, 0) is 30.3 Å². The predicted molar refractivity (Wildman–Crippen MR) is 91.6 cm³/mol. The van der Waals surface area contributed by atoms with Gasteiger partial charge in [0.25, 0.3) is 6.29 Å². The molecule has 1 heterocycles. The molecule has 27 heavy (non-hydrogen) atoms. The summed E-state index contributed by atoms with van der Waals surface area (Å²) in [5.41, 5.74) is -0.187. The summed E-state index contributed by atoms with van der Waals surface area (Å²) in [5, 5.41) is 11.4. The number of halogens is 2. The molecule has 0 spiro atoms. The average molecular weight is 392 g/mol. The van der Waals surface area contributed by atoms with Crippen LogP contribution in [0.1, 0.15) is 20.7 Å². The molecule has 7 nitrogen and oxygen atoms in total. The number of cyclic esters (lactones) is 1. The summed E-state index contributed by atoms with van der Waals surface area (Å²) in [4.78, 5) is 34.9. The Morgan fingerprint density at radius 3 is 2.63 bits per heavy atom. The lowest BCUT2D eigenvalue weighted by Gasteiger charge is -2.16. The number of carboxylic acid groups (broad SMARTS) is 1. The molecule has 0 radical (unpaired) electrons. The third-order valence-electron chi connectivity index (χ3n) is 3.56. The number of benzene rings is 2. The second-order valence-corrected chi connectivity index (χ2v) is 5.74. The van der Waals surface area contributed by atoms with Crippen molar-refractivity contribution in [3.8, 4) is 0 Å². The van der Waals surface area contributed by atoms with Crippen molar-refractivity contribution in [3.05, 3.63) is 76.2 Å². The highest BCUT2D eigenvalue weighted by molar-refractivity contribution is 6.42. The van der Waals surface area contributed by atoms with E-state index in [0.29, 0.717) is 0 Å². The summed E-state index contributed by atoms with van der Waals surface area (Å²) < 4.78 is 23.6. The number of aromatic carboxylic acids is 1. The van der Waals surface area contributed by atoms with Gasteiger partial charge in [-0.15, -0.1) is 0 Å². The first-order chi connectivity index (χ1) is 12.9. The number of carbonyl (C=O) groups excluding carboxylic acids is 2. The van der Waals surface area contributed by atoms with Crippen LogP contribution in [-0.2, 0) is 14.3 Å². The predicted octanol–water partition coefficient (Wildman–Crippen LogP) is 3.13. The first-order valence-corrected chi connectivity index (χ1v) is 7.91. The topological polar surface area (TPSA) is 102 Å². The number of nitrogens with one attached hydrogen (secondary N) is 1. The van der Waals surface area contributed by atoms with Crippen molar-refractivity contribution in [1.82, 2.24) is 0 Å². The van der Waals surface area contributed by atoms with Crippen molar-refractivity contribution in [1.29, 1.82) is 0 Å². The molecule has 0 unspecified atom stereocenters. The van der Waals surface area contributed by atoms with Gasteiger partial charge in [-0.25, -0.2) is 18.8 Å². The molecule has 1 atom stereocenters. The lowest BCUT2D eigenvalue weighted by atomic mass is 10.2. The van der Waals surface area contributed by atoms with E-state index < -0.39 is 30.0 Å². The number of ether oxygens (including phenoxy) is 2. The van der Waals surface area contributed by atoms with Gasteiger partial charge >= 0.3 is 17.9 Å². The number of hydrogen-bond donors (Lipinski definition) is 2. The fraction of sp³-hybridized carbons (Fsp3) is 0.0556. The molecule has 1 aliphatic heterocycles. The van der Waals surface area contributed by atoms with Crippen LogP contribution in [0.25, 0.3) is 0 Å². The van der Waals surface area contributed by atoms with Gasteiger partial charge in [0.05, 0.1) is 11.1 Å². The minimum Gasteiger partial charge on any atom is -0.478 e. The van der Waals surface area contributed by atoms with E-state index in [9.17, 15) is 18.8 Å². The summed E-state index contributed by atoms with van der Waals surface area (Å²) >= 11 is 5.90. The summed E-state index contributed by atoms with van der Waals surface area (Å²) in [6.45, 7) is 0. The zero-order chi connectivity index (χ0) is 19.6. The number of hydrogen-bond acceptors (Lipinski definition) is 6. The van der Waals surface area contributed by atoms with Crippen molar-refractivity contribution in [2.45, 2.75) is 6.29 Å². The highest BCUT2D eigenvalue weighted by atomic mass is 35.5. The van der Waals surface area contributed by atoms with Crippen LogP contribution >= 0.6 is 11.6 Å². The fourth-order valence-corrected chi connectivity index (χ4v) is 2.47. The van der Waals surface area contributed by atoms with E-state index in [0.717, 1.165) is 6.07 Å². The molecule has 0 bridgehead atoms. The minimum atomic E-state index is -1.54. The summed E-state index contributed by atoms with van der Waals surface area (Å²) in [6.07, 6.45) is -1.54. The molecular weight excluding hydrogens is 381 g/mol. The van der Waals surface area contributed by atoms with E-state index in [1.54, 1.807) is 0 Å². The Balaban J connectivity index is 1.83. The van der Waals surface area contributed by atoms with Gasteiger partial charge in [0.15, 0.2) is 5.03 Å². The summed E-state index contributed by atoms with van der Waals surface area (Å²) in [5.74, 6) is -3.96. The number of carboxylic acids is 1. The van der Waals surface area contributed by atoms with Crippen LogP contribution < -0.4 is 5.32 Å². The minimum absolute atomic E-state index is 0.0122. The van der Waals surface area contributed by atoms with E-state index >= 15 is 0 Å². The maximum atomic E-state index is 13.7. The van der Waals surface area contributed by atoms with Crippen LogP contribution in [0.3, 0.4) is 0 Å². The standard InChI is InChI=1S/C18H11ClFNO6/c19-13-14(21-10-5-3-4-9(8-10)15(22)23)18(27-17(13)25)26-16(24)11-6-1-2-7-12(11)20/h1-8,18,21H,(H,22,23)/t18-/m0/s1. The molecule has 2 aromatic carbocycles. The number of anilines is 1. The number of esters is 2. The van der Waals surface area contributed by atoms with Gasteiger partial charge in [-0.2, -0.15) is 0 Å². The summed E-state index contributed by atoms with van der Waals surface area (Å²) in [6, 6.07) is 10.8. The molecule has 2 N–H and O–H groups in total. The van der Waals surface area contributed by atoms with E-state index in [1.165, 1.54) is 42.5 Å². The fourth-order valence-electron chi connectivity index (χ4n) is 2.29. The van der Waals surface area contributed by atoms with E-state index in [2.05, 4.69) is 5.32 Å². The molecule has 0 saturated heterocycles. The third-order valence-corrected chi connectivity index (χ3v) is 3.92. The molecule has 0 amide bonds. The Hall–Kier alpha value is -3.39.